The van der Waals surface area contributed by atoms with E-state index in [0.29, 0.717) is 36.7 Å². The molecule has 4 rings (SSSR count). The number of aliphatic hydroxyl groups excluding tert-OH is 1. The van der Waals surface area contributed by atoms with Gasteiger partial charge in [-0.2, -0.15) is 13.2 Å². The summed E-state index contributed by atoms with van der Waals surface area (Å²) in [7, 11) is 0. The summed E-state index contributed by atoms with van der Waals surface area (Å²) in [4.78, 5) is 16.3. The molecule has 0 radical (unpaired) electrons. The second kappa shape index (κ2) is 9.73. The number of carbonyl (C=O) groups excluding carboxylic acids is 1. The fourth-order valence-corrected chi connectivity index (χ4v) is 5.34. The molecule has 2 saturated heterocycles. The number of piperidine rings is 1. The predicted molar refractivity (Wildman–Crippen MR) is 118 cm³/mol. The number of hydrogen-bond acceptors (Lipinski definition) is 4. The van der Waals surface area contributed by atoms with Crippen molar-refractivity contribution < 1.29 is 28.2 Å². The molecule has 5 nitrogen and oxygen atoms in total. The normalized spacial score (nSPS) is 23.0. The molecule has 2 aromatic rings. The topological polar surface area (TPSA) is 64.0 Å². The van der Waals surface area contributed by atoms with Gasteiger partial charge in [-0.25, -0.2) is 0 Å². The molecule has 0 saturated carbocycles. The van der Waals surface area contributed by atoms with Gasteiger partial charge in [0.05, 0.1) is 5.56 Å². The van der Waals surface area contributed by atoms with Gasteiger partial charge in [-0.05, 0) is 67.0 Å². The Morgan fingerprint density at radius 3 is 2.30 bits per heavy atom. The number of carbonyl (C=O) groups is 1. The molecule has 0 aliphatic carbocycles. The summed E-state index contributed by atoms with van der Waals surface area (Å²) in [5.74, 6) is 0.244. The van der Waals surface area contributed by atoms with Crippen molar-refractivity contribution >= 4 is 5.91 Å². The number of fused-ring (bicyclic) bond motifs is 2. The average Bonchev–Trinajstić information content (AvgIpc) is 3.02. The van der Waals surface area contributed by atoms with Gasteiger partial charge in [-0.15, -0.1) is 0 Å². The summed E-state index contributed by atoms with van der Waals surface area (Å²) in [5, 5.41) is 19.2. The molecule has 178 valence electrons. The van der Waals surface area contributed by atoms with Crippen LogP contribution in [0.4, 0.5) is 13.2 Å². The molecular formula is C25H29F3N2O3. The lowest BCUT2D eigenvalue weighted by Gasteiger charge is -2.40. The van der Waals surface area contributed by atoms with Crippen molar-refractivity contribution in [3.63, 3.8) is 0 Å². The number of benzene rings is 2. The third-order valence-electron chi connectivity index (χ3n) is 7.00. The van der Waals surface area contributed by atoms with Gasteiger partial charge >= 0.3 is 6.18 Å². The van der Waals surface area contributed by atoms with Crippen molar-refractivity contribution in [1.82, 2.24) is 9.80 Å². The molecule has 3 atom stereocenters. The number of hydrogen-bond donors (Lipinski definition) is 2. The van der Waals surface area contributed by atoms with Crippen LogP contribution in [0.25, 0.3) is 0 Å². The Bertz CT molecular complexity index is 950. The average molecular weight is 463 g/mol. The molecule has 0 spiro atoms. The zero-order valence-electron chi connectivity index (χ0n) is 18.3. The third-order valence-corrected chi connectivity index (χ3v) is 7.00. The maximum Gasteiger partial charge on any atom is 0.416 e. The number of aliphatic hydroxyl groups is 1. The Balaban J connectivity index is 1.38. The smallest absolute Gasteiger partial charge is 0.416 e. The van der Waals surface area contributed by atoms with E-state index >= 15 is 0 Å². The molecular weight excluding hydrogens is 433 g/mol. The molecule has 2 heterocycles. The van der Waals surface area contributed by atoms with E-state index < -0.39 is 24.3 Å². The van der Waals surface area contributed by atoms with Crippen LogP contribution in [-0.2, 0) is 17.5 Å². The van der Waals surface area contributed by atoms with Crippen LogP contribution in [0, 0.1) is 0 Å². The second-order valence-corrected chi connectivity index (χ2v) is 9.05. The van der Waals surface area contributed by atoms with Crippen molar-refractivity contribution in [2.24, 2.45) is 0 Å². The lowest BCUT2D eigenvalue weighted by atomic mass is 9.85. The van der Waals surface area contributed by atoms with E-state index in [1.807, 2.05) is 12.1 Å². The van der Waals surface area contributed by atoms with Gasteiger partial charge < -0.3 is 15.1 Å². The first-order chi connectivity index (χ1) is 15.7. The van der Waals surface area contributed by atoms with Gasteiger partial charge in [0.2, 0.25) is 5.91 Å². The minimum Gasteiger partial charge on any atom is -0.508 e. The Kier molecular flexibility index (Phi) is 6.95. The van der Waals surface area contributed by atoms with Gasteiger partial charge in [0.25, 0.3) is 0 Å². The summed E-state index contributed by atoms with van der Waals surface area (Å²) < 4.78 is 38.4. The van der Waals surface area contributed by atoms with Crippen molar-refractivity contribution in [2.45, 2.75) is 56.4 Å². The first-order valence-electron chi connectivity index (χ1n) is 11.3. The van der Waals surface area contributed by atoms with Gasteiger partial charge in [0, 0.05) is 31.7 Å². The molecule has 2 N–H and O–H groups in total. The largest absolute Gasteiger partial charge is 0.508 e. The number of aromatic hydroxyl groups is 1. The van der Waals surface area contributed by atoms with Crippen LogP contribution in [-0.4, -0.2) is 57.7 Å². The number of rotatable bonds is 7. The summed E-state index contributed by atoms with van der Waals surface area (Å²) >= 11 is 0. The number of nitrogens with zero attached hydrogens (tertiary/aromatic N) is 2. The Morgan fingerprint density at radius 2 is 1.73 bits per heavy atom. The van der Waals surface area contributed by atoms with Crippen molar-refractivity contribution in [2.75, 3.05) is 19.7 Å². The molecule has 2 aromatic carbocycles. The van der Waals surface area contributed by atoms with E-state index in [0.717, 1.165) is 43.4 Å². The zero-order chi connectivity index (χ0) is 23.6. The maximum atomic E-state index is 12.8. The number of halogens is 3. The number of phenolic OH excluding ortho intramolecular Hbond substituents is 1. The fraction of sp³-hybridized carbons (Fsp3) is 0.480. The molecule has 1 unspecified atom stereocenters. The molecule has 2 bridgehead atoms. The lowest BCUT2D eigenvalue weighted by Crippen LogP contribution is -2.47. The monoisotopic (exact) mass is 462 g/mol. The van der Waals surface area contributed by atoms with Crippen LogP contribution < -0.4 is 0 Å². The first kappa shape index (κ1) is 23.6. The molecule has 0 aromatic heterocycles. The van der Waals surface area contributed by atoms with Crippen LogP contribution in [0.3, 0.4) is 0 Å². The van der Waals surface area contributed by atoms with Crippen LogP contribution in [0.2, 0.25) is 0 Å². The lowest BCUT2D eigenvalue weighted by molar-refractivity contribution is -0.138. The highest BCUT2D eigenvalue weighted by molar-refractivity contribution is 5.77. The standard InChI is InChI=1S/C25H29F3N2O3/c26-25(27,28)20-6-4-17(5-7-20)15-29(24(33)16-31)10-11-30-21-8-9-22(30)13-19(12-21)18-2-1-3-23(32)14-18/h1-7,14,19,21-22,31-32H,8-13,15-16H2/t19?,21-,22+. The van der Waals surface area contributed by atoms with E-state index in [1.165, 1.54) is 17.0 Å². The number of alkyl halides is 3. The van der Waals surface area contributed by atoms with E-state index in [4.69, 9.17) is 0 Å². The Morgan fingerprint density at radius 1 is 1.06 bits per heavy atom. The predicted octanol–water partition coefficient (Wildman–Crippen LogP) is 4.14. The highest BCUT2D eigenvalue weighted by Crippen LogP contribution is 2.43. The fourth-order valence-electron chi connectivity index (χ4n) is 5.34. The highest BCUT2D eigenvalue weighted by atomic mass is 19.4. The SMILES string of the molecule is O=C(CO)N(CCN1[C@@H]2CC[C@H]1CC(c1cccc(O)c1)C2)Cc1ccc(C(F)(F)F)cc1. The molecule has 2 aliphatic rings. The summed E-state index contributed by atoms with van der Waals surface area (Å²) in [6.07, 6.45) is -0.234. The zero-order valence-corrected chi connectivity index (χ0v) is 18.3. The molecule has 1 amide bonds. The van der Waals surface area contributed by atoms with Gasteiger partial charge in [0.1, 0.15) is 12.4 Å². The maximum absolute atomic E-state index is 12.8. The minimum absolute atomic E-state index is 0.159. The molecule has 33 heavy (non-hydrogen) atoms. The molecule has 2 fully saturated rings. The second-order valence-electron chi connectivity index (χ2n) is 9.05. The summed E-state index contributed by atoms with van der Waals surface area (Å²) in [5.41, 5.74) is 1.03. The van der Waals surface area contributed by atoms with Crippen molar-refractivity contribution in [3.8, 4) is 5.75 Å². The highest BCUT2D eigenvalue weighted by Gasteiger charge is 2.41. The van der Waals surface area contributed by atoms with Crippen LogP contribution in [0.5, 0.6) is 5.75 Å². The van der Waals surface area contributed by atoms with E-state index in [1.54, 1.807) is 6.07 Å². The first-order valence-corrected chi connectivity index (χ1v) is 11.3. The number of amides is 1. The minimum atomic E-state index is -4.40. The number of phenols is 1. The van der Waals surface area contributed by atoms with Crippen LogP contribution in [0.1, 0.15) is 48.3 Å². The van der Waals surface area contributed by atoms with E-state index in [9.17, 15) is 28.2 Å². The van der Waals surface area contributed by atoms with Gasteiger partial charge in [-0.3, -0.25) is 9.69 Å². The summed E-state index contributed by atoms with van der Waals surface area (Å²) in [6.45, 7) is 0.596. The van der Waals surface area contributed by atoms with E-state index in [2.05, 4.69) is 11.0 Å². The Hall–Kier alpha value is -2.58. The van der Waals surface area contributed by atoms with Crippen LogP contribution >= 0.6 is 0 Å². The molecule has 8 heteroatoms. The third kappa shape index (κ3) is 5.50. The van der Waals surface area contributed by atoms with E-state index in [-0.39, 0.29) is 12.3 Å². The van der Waals surface area contributed by atoms with Crippen molar-refractivity contribution in [1.29, 1.82) is 0 Å². The van der Waals surface area contributed by atoms with Gasteiger partial charge in [-0.1, -0.05) is 24.3 Å². The van der Waals surface area contributed by atoms with Crippen molar-refractivity contribution in [3.05, 3.63) is 65.2 Å². The van der Waals surface area contributed by atoms with Crippen LogP contribution in [0.15, 0.2) is 48.5 Å². The summed E-state index contributed by atoms with van der Waals surface area (Å²) in [6, 6.07) is 13.0. The Labute approximate surface area is 191 Å². The quantitative estimate of drug-likeness (QED) is 0.649. The molecule has 2 aliphatic heterocycles. The van der Waals surface area contributed by atoms with Gasteiger partial charge in [0.15, 0.2) is 0 Å².